The van der Waals surface area contributed by atoms with Crippen molar-refractivity contribution in [2.75, 3.05) is 18.0 Å². The van der Waals surface area contributed by atoms with Crippen molar-refractivity contribution in [3.8, 4) is 16.9 Å². The van der Waals surface area contributed by atoms with Crippen molar-refractivity contribution in [3.05, 3.63) is 59.4 Å². The Labute approximate surface area is 221 Å². The van der Waals surface area contributed by atoms with E-state index in [0.29, 0.717) is 36.5 Å². The zero-order valence-corrected chi connectivity index (χ0v) is 22.5. The third kappa shape index (κ3) is 5.33. The number of amides is 1. The van der Waals surface area contributed by atoms with Crippen LogP contribution in [0, 0.1) is 0 Å². The lowest BCUT2D eigenvalue weighted by Crippen LogP contribution is -2.39. The summed E-state index contributed by atoms with van der Waals surface area (Å²) in [5, 5.41) is 4.17. The zero-order valence-electron chi connectivity index (χ0n) is 22.5. The lowest BCUT2D eigenvalue weighted by Gasteiger charge is -2.33. The van der Waals surface area contributed by atoms with Crippen molar-refractivity contribution in [2.45, 2.75) is 65.2 Å². The van der Waals surface area contributed by atoms with Crippen molar-refractivity contribution in [2.24, 2.45) is 7.05 Å². The van der Waals surface area contributed by atoms with E-state index in [0.717, 1.165) is 35.3 Å². The van der Waals surface area contributed by atoms with Gasteiger partial charge in [0.05, 0.1) is 19.3 Å². The summed E-state index contributed by atoms with van der Waals surface area (Å²) < 4.78 is 41.9. The number of fused-ring (bicyclic) bond motifs is 2. The zero-order chi connectivity index (χ0) is 27.2. The third-order valence-electron chi connectivity index (χ3n) is 6.79. The number of carbonyl (C=O) groups is 1. The number of anilines is 2. The van der Waals surface area contributed by atoms with Gasteiger partial charge in [0.25, 0.3) is 6.43 Å². The summed E-state index contributed by atoms with van der Waals surface area (Å²) in [6.07, 6.45) is 1.87. The van der Waals surface area contributed by atoms with Gasteiger partial charge >= 0.3 is 6.09 Å². The maximum absolute atomic E-state index is 14.3. The van der Waals surface area contributed by atoms with E-state index in [-0.39, 0.29) is 17.8 Å². The fourth-order valence-electron chi connectivity index (χ4n) is 5.18. The molecule has 5 rings (SSSR count). The van der Waals surface area contributed by atoms with E-state index in [9.17, 15) is 13.6 Å². The van der Waals surface area contributed by atoms with E-state index in [4.69, 9.17) is 9.47 Å². The Morgan fingerprint density at radius 3 is 2.66 bits per heavy atom. The molecule has 0 bridgehead atoms. The van der Waals surface area contributed by atoms with Crippen LogP contribution in [0.15, 0.2) is 42.7 Å². The number of nitrogens with zero attached hydrogens (tertiary/aromatic N) is 4. The van der Waals surface area contributed by atoms with Crippen LogP contribution in [0.4, 0.5) is 25.0 Å². The van der Waals surface area contributed by atoms with E-state index in [1.165, 1.54) is 0 Å². The summed E-state index contributed by atoms with van der Waals surface area (Å²) in [6, 6.07) is 9.38. The molecule has 0 saturated carbocycles. The van der Waals surface area contributed by atoms with Gasteiger partial charge in [-0.05, 0) is 82.0 Å². The minimum Gasteiger partial charge on any atom is -0.489 e. The number of aromatic nitrogens is 2. The van der Waals surface area contributed by atoms with Gasteiger partial charge in [-0.15, -0.1) is 0 Å². The molecule has 7 nitrogen and oxygen atoms in total. The second-order valence-electron chi connectivity index (χ2n) is 11.1. The van der Waals surface area contributed by atoms with Gasteiger partial charge < -0.3 is 19.3 Å². The minimum absolute atomic E-state index is 0.00771. The molecule has 0 aliphatic carbocycles. The Hall–Kier alpha value is -3.62. The average Bonchev–Trinajstić information content (AvgIpc) is 3.20. The molecule has 3 heterocycles. The molecule has 3 aromatic rings. The van der Waals surface area contributed by atoms with E-state index >= 15 is 0 Å². The molecule has 0 fully saturated rings. The molecule has 0 N–H and O–H groups in total. The Bertz CT molecular complexity index is 1350. The van der Waals surface area contributed by atoms with Crippen LogP contribution in [0.25, 0.3) is 11.1 Å². The molecule has 202 valence electrons. The molecule has 9 heteroatoms. The Morgan fingerprint density at radius 1 is 1.18 bits per heavy atom. The van der Waals surface area contributed by atoms with E-state index in [1.807, 2.05) is 52.0 Å². The third-order valence-corrected chi connectivity index (χ3v) is 6.79. The molecule has 0 saturated heterocycles. The molecule has 1 aromatic heterocycles. The summed E-state index contributed by atoms with van der Waals surface area (Å²) in [6.45, 7) is 8.90. The molecule has 1 unspecified atom stereocenters. The van der Waals surface area contributed by atoms with Gasteiger partial charge in [0.1, 0.15) is 17.5 Å². The van der Waals surface area contributed by atoms with Crippen LogP contribution in [-0.4, -0.2) is 45.6 Å². The van der Waals surface area contributed by atoms with Crippen LogP contribution in [0.5, 0.6) is 5.75 Å². The van der Waals surface area contributed by atoms with Crippen molar-refractivity contribution >= 4 is 17.5 Å². The first-order valence-electron chi connectivity index (χ1n) is 13.0. The number of ether oxygens (including phenoxy) is 2. The molecule has 2 aromatic carbocycles. The topological polar surface area (TPSA) is 59.8 Å². The van der Waals surface area contributed by atoms with E-state index in [2.05, 4.69) is 10.00 Å². The lowest BCUT2D eigenvalue weighted by atomic mass is 9.92. The number of rotatable bonds is 3. The fraction of sp³-hybridized carbons (Fsp3) is 0.448. The largest absolute Gasteiger partial charge is 0.489 e. The Balaban J connectivity index is 1.51. The first kappa shape index (κ1) is 26.0. The maximum atomic E-state index is 14.3. The van der Waals surface area contributed by atoms with Crippen LogP contribution in [0.1, 0.15) is 57.2 Å². The minimum atomic E-state index is -2.62. The highest BCUT2D eigenvalue weighted by Crippen LogP contribution is 2.42. The summed E-state index contributed by atoms with van der Waals surface area (Å²) in [7, 11) is 1.78. The van der Waals surface area contributed by atoms with Gasteiger partial charge in [0.15, 0.2) is 0 Å². The second kappa shape index (κ2) is 9.93. The van der Waals surface area contributed by atoms with Gasteiger partial charge in [-0.3, -0.25) is 4.68 Å². The Morgan fingerprint density at radius 2 is 1.97 bits per heavy atom. The van der Waals surface area contributed by atoms with Crippen LogP contribution < -0.4 is 9.64 Å². The molecule has 2 aliphatic rings. The van der Waals surface area contributed by atoms with Crippen molar-refractivity contribution < 1.29 is 23.0 Å². The second-order valence-corrected chi connectivity index (χ2v) is 11.1. The fourth-order valence-corrected chi connectivity index (χ4v) is 5.18. The highest BCUT2D eigenvalue weighted by molar-refractivity contribution is 5.77. The van der Waals surface area contributed by atoms with Crippen molar-refractivity contribution in [3.63, 3.8) is 0 Å². The molecule has 0 radical (unpaired) electrons. The molecule has 1 atom stereocenters. The van der Waals surface area contributed by atoms with Gasteiger partial charge in [-0.2, -0.15) is 5.10 Å². The van der Waals surface area contributed by atoms with Crippen molar-refractivity contribution in [1.29, 1.82) is 0 Å². The normalized spacial score (nSPS) is 17.5. The molecule has 38 heavy (non-hydrogen) atoms. The standard InChI is InChI=1S/C29H34F2N4O3/c1-18-15-34(28(36)38-29(2,3)4)17-20-11-22(8-9-26(20)37-18)35-10-6-7-19-12-23(21-14-32-33(5)16-21)24(27(30)31)13-25(19)35/h8-9,11-14,16,18,27H,6-7,10,15,17H2,1-5H3. The number of halogens is 2. The quantitative estimate of drug-likeness (QED) is 0.385. The highest BCUT2D eigenvalue weighted by atomic mass is 19.3. The smallest absolute Gasteiger partial charge is 0.410 e. The molecule has 2 aliphatic heterocycles. The summed E-state index contributed by atoms with van der Waals surface area (Å²) >= 11 is 0. The van der Waals surface area contributed by atoms with Crippen LogP contribution in [-0.2, 0) is 24.8 Å². The lowest BCUT2D eigenvalue weighted by molar-refractivity contribution is 0.0188. The van der Waals surface area contributed by atoms with Gasteiger partial charge in [0, 0.05) is 47.9 Å². The summed E-state index contributed by atoms with van der Waals surface area (Å²) in [5.41, 5.74) is 4.12. The number of hydrogen-bond donors (Lipinski definition) is 0. The van der Waals surface area contributed by atoms with Gasteiger partial charge in [0.2, 0.25) is 0 Å². The van der Waals surface area contributed by atoms with Crippen LogP contribution >= 0.6 is 0 Å². The van der Waals surface area contributed by atoms with Crippen LogP contribution in [0.3, 0.4) is 0 Å². The number of hydrogen-bond acceptors (Lipinski definition) is 5. The summed E-state index contributed by atoms with van der Waals surface area (Å²) in [5.74, 6) is 0.713. The number of aryl methyl sites for hydroxylation is 2. The molecule has 0 spiro atoms. The number of alkyl halides is 2. The molecule has 1 amide bonds. The summed E-state index contributed by atoms with van der Waals surface area (Å²) in [4.78, 5) is 16.6. The molecular formula is C29H34F2N4O3. The SMILES string of the molecule is CC1CN(C(=O)OC(C)(C)C)Cc2cc(N3CCCc4cc(-c5cnn(C)c5)c(C(F)F)cc43)ccc2O1. The highest BCUT2D eigenvalue weighted by Gasteiger charge is 2.29. The monoisotopic (exact) mass is 524 g/mol. The van der Waals surface area contributed by atoms with Crippen molar-refractivity contribution in [1.82, 2.24) is 14.7 Å². The first-order valence-corrected chi connectivity index (χ1v) is 13.0. The molecular weight excluding hydrogens is 490 g/mol. The number of benzene rings is 2. The van der Waals surface area contributed by atoms with E-state index in [1.54, 1.807) is 35.1 Å². The number of carbonyl (C=O) groups excluding carboxylic acids is 1. The average molecular weight is 525 g/mol. The van der Waals surface area contributed by atoms with Gasteiger partial charge in [-0.25, -0.2) is 13.6 Å². The predicted molar refractivity (Wildman–Crippen MR) is 142 cm³/mol. The van der Waals surface area contributed by atoms with E-state index < -0.39 is 12.0 Å². The maximum Gasteiger partial charge on any atom is 0.410 e. The van der Waals surface area contributed by atoms with Crippen LogP contribution in [0.2, 0.25) is 0 Å². The Kier molecular flexibility index (Phi) is 6.79. The first-order chi connectivity index (χ1) is 18.0. The predicted octanol–water partition coefficient (Wildman–Crippen LogP) is 6.63. The van der Waals surface area contributed by atoms with Gasteiger partial charge in [-0.1, -0.05) is 0 Å².